The third-order valence-corrected chi connectivity index (χ3v) is 5.05. The molecule has 0 amide bonds. The Morgan fingerprint density at radius 3 is 2.32 bits per heavy atom. The average Bonchev–Trinajstić information content (AvgIpc) is 3.05. The molecular weight excluding hydrogens is 424 g/mol. The van der Waals surface area contributed by atoms with E-state index in [1.165, 1.54) is 11.6 Å². The Kier molecular flexibility index (Phi) is 4.64. The van der Waals surface area contributed by atoms with Crippen LogP contribution in [0.2, 0.25) is 0 Å². The van der Waals surface area contributed by atoms with Gasteiger partial charge in [0.15, 0.2) is 11.2 Å². The minimum Gasteiger partial charge on any atom is -0.425 e. The zero-order valence-corrected chi connectivity index (χ0v) is 16.9. The number of benzene rings is 2. The maximum Gasteiger partial charge on any atom is 0.332 e. The Morgan fingerprint density at radius 2 is 1.64 bits per heavy atom. The molecule has 7 nitrogen and oxygen atoms in total. The molecule has 0 aliphatic carbocycles. The lowest BCUT2D eigenvalue weighted by molar-refractivity contribution is 0.421. The van der Waals surface area contributed by atoms with Gasteiger partial charge in [0.1, 0.15) is 5.75 Å². The van der Waals surface area contributed by atoms with Crippen molar-refractivity contribution in [2.75, 3.05) is 0 Å². The van der Waals surface area contributed by atoms with Crippen molar-refractivity contribution in [3.63, 3.8) is 0 Å². The number of imidazole rings is 1. The summed E-state index contributed by atoms with van der Waals surface area (Å²) in [4.78, 5) is 29.6. The molecule has 0 N–H and O–H groups in total. The van der Waals surface area contributed by atoms with Crippen LogP contribution in [0.3, 0.4) is 0 Å². The molecule has 4 aromatic rings. The van der Waals surface area contributed by atoms with E-state index in [0.717, 1.165) is 14.6 Å². The van der Waals surface area contributed by atoms with Gasteiger partial charge in [-0.2, -0.15) is 4.98 Å². The zero-order valence-electron chi connectivity index (χ0n) is 15.3. The molecule has 2 heterocycles. The van der Waals surface area contributed by atoms with E-state index in [-0.39, 0.29) is 11.7 Å². The molecule has 4 rings (SSSR count). The third-order valence-electron chi connectivity index (χ3n) is 4.52. The first kappa shape index (κ1) is 18.2. The molecule has 2 aromatic carbocycles. The van der Waals surface area contributed by atoms with Gasteiger partial charge >= 0.3 is 11.7 Å². The largest absolute Gasteiger partial charge is 0.425 e. The van der Waals surface area contributed by atoms with Gasteiger partial charge in [-0.25, -0.2) is 4.79 Å². The van der Waals surface area contributed by atoms with Crippen LogP contribution in [0.15, 0.2) is 68.7 Å². The molecular formula is C20H17BrN4O3. The molecule has 8 heteroatoms. The quantitative estimate of drug-likeness (QED) is 0.488. The zero-order chi connectivity index (χ0) is 19.8. The summed E-state index contributed by atoms with van der Waals surface area (Å²) in [6.07, 6.45) is 0. The lowest BCUT2D eigenvalue weighted by atomic mass is 10.2. The monoisotopic (exact) mass is 440 g/mol. The summed E-state index contributed by atoms with van der Waals surface area (Å²) in [6, 6.07) is 17.3. The van der Waals surface area contributed by atoms with E-state index in [4.69, 9.17) is 4.74 Å². The molecule has 142 valence electrons. The number of ether oxygens (including phenoxy) is 1. The highest BCUT2D eigenvalue weighted by atomic mass is 79.9. The second kappa shape index (κ2) is 7.12. The summed E-state index contributed by atoms with van der Waals surface area (Å²) in [6.45, 7) is 0.386. The molecule has 0 spiro atoms. The second-order valence-electron chi connectivity index (χ2n) is 6.40. The number of hydrogen-bond acceptors (Lipinski definition) is 4. The van der Waals surface area contributed by atoms with E-state index in [0.29, 0.717) is 17.8 Å². The third kappa shape index (κ3) is 3.16. The van der Waals surface area contributed by atoms with E-state index in [1.54, 1.807) is 23.7 Å². The summed E-state index contributed by atoms with van der Waals surface area (Å²) in [5, 5.41) is 0. The van der Waals surface area contributed by atoms with Crippen molar-refractivity contribution in [1.29, 1.82) is 0 Å². The van der Waals surface area contributed by atoms with Gasteiger partial charge in [0.25, 0.3) is 5.56 Å². The Labute approximate surface area is 168 Å². The summed E-state index contributed by atoms with van der Waals surface area (Å²) in [5.41, 5.74) is 0.749. The summed E-state index contributed by atoms with van der Waals surface area (Å²) >= 11 is 3.39. The summed E-state index contributed by atoms with van der Waals surface area (Å²) in [5.74, 6) is 0.578. The van der Waals surface area contributed by atoms with Gasteiger partial charge in [-0.05, 0) is 29.8 Å². The van der Waals surface area contributed by atoms with Gasteiger partial charge in [0.2, 0.25) is 0 Å². The number of hydrogen-bond donors (Lipinski definition) is 0. The van der Waals surface area contributed by atoms with Crippen LogP contribution >= 0.6 is 15.9 Å². The van der Waals surface area contributed by atoms with Crippen LogP contribution in [0, 0.1) is 0 Å². The molecule has 0 fully saturated rings. The normalized spacial score (nSPS) is 11.1. The fourth-order valence-corrected chi connectivity index (χ4v) is 3.29. The smallest absolute Gasteiger partial charge is 0.332 e. The van der Waals surface area contributed by atoms with Crippen LogP contribution in [-0.4, -0.2) is 18.7 Å². The van der Waals surface area contributed by atoms with Crippen molar-refractivity contribution in [3.8, 4) is 11.8 Å². The second-order valence-corrected chi connectivity index (χ2v) is 7.32. The van der Waals surface area contributed by atoms with Gasteiger partial charge < -0.3 is 4.74 Å². The highest BCUT2D eigenvalue weighted by molar-refractivity contribution is 9.10. The molecule has 0 saturated carbocycles. The summed E-state index contributed by atoms with van der Waals surface area (Å²) < 4.78 is 11.0. The molecule has 2 aromatic heterocycles. The van der Waals surface area contributed by atoms with Crippen LogP contribution in [-0.2, 0) is 20.6 Å². The maximum atomic E-state index is 12.8. The minimum absolute atomic E-state index is 0.250. The molecule has 0 atom stereocenters. The van der Waals surface area contributed by atoms with E-state index in [1.807, 2.05) is 42.5 Å². The number of halogens is 1. The van der Waals surface area contributed by atoms with E-state index in [9.17, 15) is 9.59 Å². The molecule has 0 bridgehead atoms. The van der Waals surface area contributed by atoms with Gasteiger partial charge in [-0.1, -0.05) is 46.3 Å². The van der Waals surface area contributed by atoms with Gasteiger partial charge in [0.05, 0.1) is 6.54 Å². The summed E-state index contributed by atoms with van der Waals surface area (Å²) in [7, 11) is 3.05. The van der Waals surface area contributed by atoms with Crippen LogP contribution in [0.1, 0.15) is 5.56 Å². The van der Waals surface area contributed by atoms with Crippen LogP contribution in [0.4, 0.5) is 0 Å². The SMILES string of the molecule is Cn1c(=O)c2c(nc(Oc3ccc(Br)cc3)n2Cc2ccccc2)n(C)c1=O. The maximum absolute atomic E-state index is 12.8. The number of fused-ring (bicyclic) bond motifs is 1. The predicted molar refractivity (Wildman–Crippen MR) is 110 cm³/mol. The Bertz CT molecular complexity index is 1270. The average molecular weight is 441 g/mol. The molecule has 0 unspecified atom stereocenters. The highest BCUT2D eigenvalue weighted by Gasteiger charge is 2.20. The van der Waals surface area contributed by atoms with Crippen LogP contribution in [0.25, 0.3) is 11.2 Å². The lowest BCUT2D eigenvalue weighted by Gasteiger charge is -2.10. The molecule has 0 saturated heterocycles. The molecule has 0 aliphatic heterocycles. The molecule has 0 aliphatic rings. The Balaban J connectivity index is 1.94. The first-order valence-electron chi connectivity index (χ1n) is 8.59. The van der Waals surface area contributed by atoms with Gasteiger partial charge in [0, 0.05) is 18.6 Å². The van der Waals surface area contributed by atoms with Crippen molar-refractivity contribution >= 4 is 27.1 Å². The van der Waals surface area contributed by atoms with Crippen molar-refractivity contribution in [1.82, 2.24) is 18.7 Å². The standard InChI is InChI=1S/C20H17BrN4O3/c1-23-17-16(18(26)24(2)20(23)27)25(12-13-6-4-3-5-7-13)19(22-17)28-15-10-8-14(21)9-11-15/h3-11H,12H2,1-2H3. The predicted octanol–water partition coefficient (Wildman–Crippen LogP) is 3.04. The van der Waals surface area contributed by atoms with Crippen LogP contribution in [0.5, 0.6) is 11.8 Å². The van der Waals surface area contributed by atoms with Crippen molar-refractivity contribution < 1.29 is 4.74 Å². The van der Waals surface area contributed by atoms with Crippen LogP contribution < -0.4 is 16.0 Å². The van der Waals surface area contributed by atoms with E-state index < -0.39 is 11.2 Å². The Hall–Kier alpha value is -3.13. The van der Waals surface area contributed by atoms with E-state index >= 15 is 0 Å². The number of aromatic nitrogens is 4. The number of aryl methyl sites for hydroxylation is 1. The van der Waals surface area contributed by atoms with Gasteiger partial charge in [-0.15, -0.1) is 0 Å². The topological polar surface area (TPSA) is 71.1 Å². The number of nitrogens with zero attached hydrogens (tertiary/aromatic N) is 4. The highest BCUT2D eigenvalue weighted by Crippen LogP contribution is 2.26. The minimum atomic E-state index is -0.433. The number of rotatable bonds is 4. The first-order chi connectivity index (χ1) is 13.5. The molecule has 28 heavy (non-hydrogen) atoms. The lowest BCUT2D eigenvalue weighted by Crippen LogP contribution is -2.37. The Morgan fingerprint density at radius 1 is 0.964 bits per heavy atom. The first-order valence-corrected chi connectivity index (χ1v) is 9.38. The van der Waals surface area contributed by atoms with Crippen molar-refractivity contribution in [2.24, 2.45) is 14.1 Å². The van der Waals surface area contributed by atoms with Crippen molar-refractivity contribution in [3.05, 3.63) is 85.5 Å². The van der Waals surface area contributed by atoms with Gasteiger partial charge in [-0.3, -0.25) is 18.5 Å². The fourth-order valence-electron chi connectivity index (χ4n) is 3.03. The fraction of sp³-hybridized carbons (Fsp3) is 0.150. The molecule has 0 radical (unpaired) electrons. The van der Waals surface area contributed by atoms with Crippen molar-refractivity contribution in [2.45, 2.75) is 6.54 Å². The van der Waals surface area contributed by atoms with E-state index in [2.05, 4.69) is 20.9 Å².